The summed E-state index contributed by atoms with van der Waals surface area (Å²) in [5.74, 6) is 0.948. The molecule has 4 aromatic rings. The second-order valence-corrected chi connectivity index (χ2v) is 9.12. The van der Waals surface area contributed by atoms with E-state index in [4.69, 9.17) is 9.72 Å². The van der Waals surface area contributed by atoms with Gasteiger partial charge in [0.1, 0.15) is 5.75 Å². The summed E-state index contributed by atoms with van der Waals surface area (Å²) < 4.78 is 10.6. The van der Waals surface area contributed by atoms with Crippen molar-refractivity contribution in [3.63, 3.8) is 0 Å². The molecule has 0 aliphatic carbocycles. The van der Waals surface area contributed by atoms with Crippen LogP contribution in [0.2, 0.25) is 0 Å². The standard InChI is InChI=1S/C27H26N4O2S/c1-31-18-28-25(26(31)21-12-13-24-20(17-21)14-15-33-24)23(16-19-8-4-2-5-9-19)29-27(32)30-34-22-10-6-3-7-11-22/h2-13,17-18,23H,14-16H2,1H3,(H2,29,30,32). The van der Waals surface area contributed by atoms with Crippen molar-refractivity contribution < 1.29 is 9.53 Å². The molecule has 0 bridgehead atoms. The van der Waals surface area contributed by atoms with E-state index in [1.54, 1.807) is 0 Å². The first kappa shape index (κ1) is 22.1. The fourth-order valence-electron chi connectivity index (χ4n) is 4.24. The molecule has 6 nitrogen and oxygen atoms in total. The van der Waals surface area contributed by atoms with Crippen LogP contribution in [0.3, 0.4) is 0 Å². The molecule has 1 unspecified atom stereocenters. The number of ether oxygens (including phenoxy) is 1. The van der Waals surface area contributed by atoms with Gasteiger partial charge in [0, 0.05) is 23.9 Å². The molecule has 5 rings (SSSR count). The molecule has 3 aromatic carbocycles. The molecule has 0 fully saturated rings. The third-order valence-electron chi connectivity index (χ3n) is 5.85. The van der Waals surface area contributed by atoms with Gasteiger partial charge in [-0.3, -0.25) is 4.72 Å². The summed E-state index contributed by atoms with van der Waals surface area (Å²) in [4.78, 5) is 18.6. The minimum Gasteiger partial charge on any atom is -0.493 e. The molecule has 2 heterocycles. The normalized spacial score (nSPS) is 13.1. The van der Waals surface area contributed by atoms with E-state index in [1.165, 1.54) is 17.5 Å². The van der Waals surface area contributed by atoms with Crippen molar-refractivity contribution in [1.29, 1.82) is 0 Å². The van der Waals surface area contributed by atoms with Gasteiger partial charge in [-0.25, -0.2) is 9.78 Å². The molecule has 1 aliphatic heterocycles. The van der Waals surface area contributed by atoms with Crippen molar-refractivity contribution in [2.45, 2.75) is 23.8 Å². The monoisotopic (exact) mass is 470 g/mol. The first-order chi connectivity index (χ1) is 16.7. The van der Waals surface area contributed by atoms with Crippen LogP contribution in [0.4, 0.5) is 4.79 Å². The minimum absolute atomic E-state index is 0.256. The maximum absolute atomic E-state index is 12.9. The maximum Gasteiger partial charge on any atom is 0.325 e. The predicted octanol–water partition coefficient (Wildman–Crippen LogP) is 5.31. The van der Waals surface area contributed by atoms with Crippen LogP contribution in [0.1, 0.15) is 22.9 Å². The SMILES string of the molecule is Cn1cnc(C(Cc2ccccc2)NC(=O)NSc2ccccc2)c1-c1ccc2c(c1)CCO2. The van der Waals surface area contributed by atoms with Gasteiger partial charge in [0.25, 0.3) is 0 Å². The molecular weight excluding hydrogens is 444 g/mol. The van der Waals surface area contributed by atoms with Crippen molar-refractivity contribution in [3.05, 3.63) is 102 Å². The van der Waals surface area contributed by atoms with Gasteiger partial charge < -0.3 is 14.6 Å². The highest BCUT2D eigenvalue weighted by Gasteiger charge is 2.24. The summed E-state index contributed by atoms with van der Waals surface area (Å²) in [7, 11) is 1.99. The summed E-state index contributed by atoms with van der Waals surface area (Å²) in [6, 6.07) is 25.6. The highest BCUT2D eigenvalue weighted by atomic mass is 32.2. The Bertz CT molecular complexity index is 1270. The van der Waals surface area contributed by atoms with Crippen molar-refractivity contribution >= 4 is 18.0 Å². The lowest BCUT2D eigenvalue weighted by Crippen LogP contribution is -2.36. The number of hydrogen-bond acceptors (Lipinski definition) is 4. The van der Waals surface area contributed by atoms with Crippen molar-refractivity contribution in [2.24, 2.45) is 7.05 Å². The molecule has 2 N–H and O–H groups in total. The minimum atomic E-state index is -0.306. The van der Waals surface area contributed by atoms with Crippen LogP contribution in [-0.2, 0) is 19.9 Å². The van der Waals surface area contributed by atoms with Crippen LogP contribution in [0.15, 0.2) is 90.1 Å². The van der Waals surface area contributed by atoms with Gasteiger partial charge in [0.05, 0.1) is 30.4 Å². The number of amides is 2. The van der Waals surface area contributed by atoms with Gasteiger partial charge in [-0.05, 0) is 59.8 Å². The molecule has 172 valence electrons. The van der Waals surface area contributed by atoms with Gasteiger partial charge in [0.15, 0.2) is 0 Å². The first-order valence-electron chi connectivity index (χ1n) is 11.3. The van der Waals surface area contributed by atoms with Crippen molar-refractivity contribution in [2.75, 3.05) is 6.61 Å². The lowest BCUT2D eigenvalue weighted by Gasteiger charge is -2.20. The number of fused-ring (bicyclic) bond motifs is 1. The van der Waals surface area contributed by atoms with Crippen LogP contribution >= 0.6 is 11.9 Å². The Balaban J connectivity index is 1.43. The smallest absolute Gasteiger partial charge is 0.325 e. The van der Waals surface area contributed by atoms with Crippen LogP contribution in [0.5, 0.6) is 5.75 Å². The van der Waals surface area contributed by atoms with Gasteiger partial charge in [-0.1, -0.05) is 48.5 Å². The molecule has 0 saturated carbocycles. The molecule has 34 heavy (non-hydrogen) atoms. The molecule has 1 aliphatic rings. The summed E-state index contributed by atoms with van der Waals surface area (Å²) in [5, 5.41) is 3.16. The quantitative estimate of drug-likeness (QED) is 0.359. The van der Waals surface area contributed by atoms with E-state index in [-0.39, 0.29) is 12.1 Å². The van der Waals surface area contributed by atoms with Gasteiger partial charge in [0.2, 0.25) is 0 Å². The van der Waals surface area contributed by atoms with Crippen LogP contribution in [0, 0.1) is 0 Å². The number of nitrogens with one attached hydrogen (secondary N) is 2. The first-order valence-corrected chi connectivity index (χ1v) is 12.1. The van der Waals surface area contributed by atoms with E-state index in [0.717, 1.165) is 39.6 Å². The third-order valence-corrected chi connectivity index (χ3v) is 6.65. The summed E-state index contributed by atoms with van der Waals surface area (Å²) in [6.07, 6.45) is 3.34. The predicted molar refractivity (Wildman–Crippen MR) is 135 cm³/mol. The van der Waals surface area contributed by atoms with E-state index in [2.05, 4.69) is 34.3 Å². The topological polar surface area (TPSA) is 68.2 Å². The van der Waals surface area contributed by atoms with Crippen LogP contribution in [0.25, 0.3) is 11.3 Å². The zero-order valence-electron chi connectivity index (χ0n) is 18.9. The average Bonchev–Trinajstić information content (AvgIpc) is 3.49. The Kier molecular flexibility index (Phi) is 6.53. The number of carbonyl (C=O) groups is 1. The lowest BCUT2D eigenvalue weighted by molar-refractivity contribution is 0.242. The summed E-state index contributed by atoms with van der Waals surface area (Å²) >= 11 is 1.29. The number of urea groups is 1. The van der Waals surface area contributed by atoms with Crippen LogP contribution < -0.4 is 14.8 Å². The van der Waals surface area contributed by atoms with E-state index < -0.39 is 0 Å². The maximum atomic E-state index is 12.9. The number of carbonyl (C=O) groups excluding carboxylic acids is 1. The average molecular weight is 471 g/mol. The number of imidazole rings is 1. The molecule has 7 heteroatoms. The number of rotatable bonds is 7. The van der Waals surface area contributed by atoms with Gasteiger partial charge in [-0.2, -0.15) is 0 Å². The Hall–Kier alpha value is -3.71. The molecule has 0 radical (unpaired) electrons. The second kappa shape index (κ2) is 10.1. The molecule has 0 saturated heterocycles. The number of nitrogens with zero attached hydrogens (tertiary/aromatic N) is 2. The van der Waals surface area contributed by atoms with Crippen LogP contribution in [-0.4, -0.2) is 22.2 Å². The Morgan fingerprint density at radius 3 is 2.65 bits per heavy atom. The summed E-state index contributed by atoms with van der Waals surface area (Å²) in [6.45, 7) is 0.717. The number of aromatic nitrogens is 2. The number of aryl methyl sites for hydroxylation is 1. The Labute approximate surface area is 203 Å². The van der Waals surface area contributed by atoms with Gasteiger partial charge in [-0.15, -0.1) is 0 Å². The largest absolute Gasteiger partial charge is 0.493 e. The lowest BCUT2D eigenvalue weighted by atomic mass is 9.98. The zero-order valence-corrected chi connectivity index (χ0v) is 19.7. The Morgan fingerprint density at radius 1 is 1.09 bits per heavy atom. The molecule has 0 spiro atoms. The fraction of sp³-hybridized carbons (Fsp3) is 0.185. The summed E-state index contributed by atoms with van der Waals surface area (Å²) in [5.41, 5.74) is 5.23. The van der Waals surface area contributed by atoms with E-state index in [9.17, 15) is 4.79 Å². The zero-order chi connectivity index (χ0) is 23.3. The molecule has 2 amide bonds. The number of hydrogen-bond donors (Lipinski definition) is 2. The van der Waals surface area contributed by atoms with Gasteiger partial charge >= 0.3 is 6.03 Å². The van der Waals surface area contributed by atoms with Crippen molar-refractivity contribution in [3.8, 4) is 17.0 Å². The molecule has 1 aromatic heterocycles. The molecular formula is C27H26N4O2S. The third kappa shape index (κ3) is 4.94. The highest BCUT2D eigenvalue weighted by Crippen LogP contribution is 2.34. The molecule has 1 atom stereocenters. The highest BCUT2D eigenvalue weighted by molar-refractivity contribution is 7.98. The van der Waals surface area contributed by atoms with Crippen molar-refractivity contribution in [1.82, 2.24) is 19.6 Å². The Morgan fingerprint density at radius 2 is 1.85 bits per heavy atom. The second-order valence-electron chi connectivity index (χ2n) is 8.24. The van der Waals surface area contributed by atoms with E-state index in [0.29, 0.717) is 13.0 Å². The van der Waals surface area contributed by atoms with E-state index in [1.807, 2.05) is 72.5 Å². The fourth-order valence-corrected chi connectivity index (χ4v) is 4.80. The number of benzene rings is 3. The van der Waals surface area contributed by atoms with E-state index >= 15 is 0 Å².